The number of hydrogen-bond acceptors (Lipinski definition) is 4. The summed E-state index contributed by atoms with van der Waals surface area (Å²) in [6.07, 6.45) is 0. The Morgan fingerprint density at radius 3 is 2.42 bits per heavy atom. The molecular formula is C20H28N2O2. The maximum atomic E-state index is 9.31. The Balaban J connectivity index is 1.85. The van der Waals surface area contributed by atoms with Crippen LogP contribution in [0, 0.1) is 0 Å². The highest BCUT2D eigenvalue weighted by Crippen LogP contribution is 2.14. The maximum absolute atomic E-state index is 9.31. The molecule has 130 valence electrons. The van der Waals surface area contributed by atoms with Crippen LogP contribution < -0.4 is 15.0 Å². The molecule has 0 spiro atoms. The van der Waals surface area contributed by atoms with Crippen molar-refractivity contribution in [1.29, 1.82) is 0 Å². The molecule has 1 unspecified atom stereocenters. The number of anilines is 1. The van der Waals surface area contributed by atoms with E-state index >= 15 is 0 Å². The van der Waals surface area contributed by atoms with Crippen molar-refractivity contribution in [3.63, 3.8) is 0 Å². The number of ether oxygens (including phenoxy) is 1. The predicted molar refractivity (Wildman–Crippen MR) is 99.7 cm³/mol. The van der Waals surface area contributed by atoms with Crippen LogP contribution in [0.15, 0.2) is 54.6 Å². The summed E-state index contributed by atoms with van der Waals surface area (Å²) in [5, 5.41) is 12.9. The summed E-state index contributed by atoms with van der Waals surface area (Å²) in [6, 6.07) is 18.7. The fourth-order valence-corrected chi connectivity index (χ4v) is 2.64. The summed E-state index contributed by atoms with van der Waals surface area (Å²) in [5.74, 6) is 0.910. The lowest BCUT2D eigenvalue weighted by Gasteiger charge is -2.28. The first-order valence-electron chi connectivity index (χ1n) is 8.59. The van der Waals surface area contributed by atoms with Gasteiger partial charge in [0.05, 0.1) is 13.2 Å². The molecule has 0 aliphatic heterocycles. The first-order valence-corrected chi connectivity index (χ1v) is 8.59. The molecule has 0 saturated heterocycles. The van der Waals surface area contributed by atoms with E-state index in [1.54, 1.807) is 0 Å². The maximum Gasteiger partial charge on any atom is 0.119 e. The summed E-state index contributed by atoms with van der Waals surface area (Å²) in [4.78, 5) is 2.20. The van der Waals surface area contributed by atoms with Crippen LogP contribution in [-0.2, 0) is 6.54 Å². The molecule has 0 amide bonds. The van der Waals surface area contributed by atoms with Gasteiger partial charge in [0.1, 0.15) is 5.75 Å². The fourth-order valence-electron chi connectivity index (χ4n) is 2.64. The number of nitrogens with zero attached hydrogens (tertiary/aromatic N) is 1. The van der Waals surface area contributed by atoms with E-state index in [1.165, 1.54) is 5.56 Å². The molecule has 2 aromatic rings. The van der Waals surface area contributed by atoms with Crippen LogP contribution in [0.3, 0.4) is 0 Å². The molecule has 2 N–H and O–H groups in total. The SMILES string of the molecule is CCOc1ccc(CNC(C)CN(CCO)c2ccccc2)cc1. The van der Waals surface area contributed by atoms with Crippen LogP contribution in [0.1, 0.15) is 19.4 Å². The number of nitrogens with one attached hydrogen (secondary N) is 1. The van der Waals surface area contributed by atoms with Gasteiger partial charge in [-0.3, -0.25) is 0 Å². The molecule has 0 fully saturated rings. The van der Waals surface area contributed by atoms with Crippen molar-refractivity contribution in [2.24, 2.45) is 0 Å². The van der Waals surface area contributed by atoms with E-state index in [0.29, 0.717) is 19.2 Å². The number of hydrogen-bond donors (Lipinski definition) is 2. The Hall–Kier alpha value is -2.04. The molecule has 0 heterocycles. The van der Waals surface area contributed by atoms with Crippen LogP contribution in [0.2, 0.25) is 0 Å². The van der Waals surface area contributed by atoms with Gasteiger partial charge in [0.15, 0.2) is 0 Å². The summed E-state index contributed by atoms with van der Waals surface area (Å²) < 4.78 is 5.46. The molecule has 0 aliphatic rings. The Labute approximate surface area is 145 Å². The van der Waals surface area contributed by atoms with Crippen LogP contribution >= 0.6 is 0 Å². The summed E-state index contributed by atoms with van der Waals surface area (Å²) in [6.45, 7) is 7.30. The quantitative estimate of drug-likeness (QED) is 0.703. The number of benzene rings is 2. The minimum atomic E-state index is 0.153. The Morgan fingerprint density at radius 2 is 1.79 bits per heavy atom. The van der Waals surface area contributed by atoms with Gasteiger partial charge in [-0.05, 0) is 43.7 Å². The number of rotatable bonds is 10. The zero-order valence-electron chi connectivity index (χ0n) is 14.6. The first-order chi connectivity index (χ1) is 11.7. The van der Waals surface area contributed by atoms with Crippen molar-refractivity contribution >= 4 is 5.69 Å². The largest absolute Gasteiger partial charge is 0.494 e. The predicted octanol–water partition coefficient (Wildman–Crippen LogP) is 3.06. The van der Waals surface area contributed by atoms with Crippen LogP contribution in [0.5, 0.6) is 5.75 Å². The highest BCUT2D eigenvalue weighted by atomic mass is 16.5. The third kappa shape index (κ3) is 5.87. The number of aliphatic hydroxyl groups excluding tert-OH is 1. The van der Waals surface area contributed by atoms with Gasteiger partial charge in [-0.25, -0.2) is 0 Å². The zero-order valence-corrected chi connectivity index (χ0v) is 14.6. The highest BCUT2D eigenvalue weighted by Gasteiger charge is 2.10. The lowest BCUT2D eigenvalue weighted by atomic mass is 10.2. The summed E-state index contributed by atoms with van der Waals surface area (Å²) in [5.41, 5.74) is 2.37. The van der Waals surface area contributed by atoms with Crippen molar-refractivity contribution in [2.45, 2.75) is 26.4 Å². The minimum absolute atomic E-state index is 0.153. The van der Waals surface area contributed by atoms with Gasteiger partial charge < -0.3 is 20.1 Å². The van der Waals surface area contributed by atoms with Crippen molar-refractivity contribution < 1.29 is 9.84 Å². The second kappa shape index (κ2) is 9.96. The summed E-state index contributed by atoms with van der Waals surface area (Å²) >= 11 is 0. The second-order valence-electron chi connectivity index (χ2n) is 5.86. The van der Waals surface area contributed by atoms with Gasteiger partial charge in [0.25, 0.3) is 0 Å². The van der Waals surface area contributed by atoms with Gasteiger partial charge >= 0.3 is 0 Å². The zero-order chi connectivity index (χ0) is 17.2. The molecule has 24 heavy (non-hydrogen) atoms. The average Bonchev–Trinajstić information content (AvgIpc) is 2.62. The molecule has 2 rings (SSSR count). The molecule has 4 nitrogen and oxygen atoms in total. The lowest BCUT2D eigenvalue weighted by molar-refractivity contribution is 0.300. The molecule has 0 aromatic heterocycles. The molecule has 0 bridgehead atoms. The number of para-hydroxylation sites is 1. The molecular weight excluding hydrogens is 300 g/mol. The van der Waals surface area contributed by atoms with Gasteiger partial charge in [0.2, 0.25) is 0 Å². The molecule has 2 aromatic carbocycles. The molecule has 1 atom stereocenters. The van der Waals surface area contributed by atoms with Gasteiger partial charge in [-0.15, -0.1) is 0 Å². The standard InChI is InChI=1S/C20H28N2O2/c1-3-24-20-11-9-18(10-12-20)15-21-17(2)16-22(13-14-23)19-7-5-4-6-8-19/h4-12,17,21,23H,3,13-16H2,1-2H3. The van der Waals surface area contributed by atoms with E-state index in [1.807, 2.05) is 37.3 Å². The van der Waals surface area contributed by atoms with E-state index in [2.05, 4.69) is 41.4 Å². The van der Waals surface area contributed by atoms with Crippen LogP contribution in [-0.4, -0.2) is 37.5 Å². The van der Waals surface area contributed by atoms with Crippen molar-refractivity contribution in [3.05, 3.63) is 60.2 Å². The van der Waals surface area contributed by atoms with E-state index in [4.69, 9.17) is 4.74 Å². The average molecular weight is 328 g/mol. The highest BCUT2D eigenvalue weighted by molar-refractivity contribution is 5.46. The van der Waals surface area contributed by atoms with E-state index in [-0.39, 0.29) is 6.61 Å². The van der Waals surface area contributed by atoms with Crippen LogP contribution in [0.25, 0.3) is 0 Å². The smallest absolute Gasteiger partial charge is 0.119 e. The van der Waals surface area contributed by atoms with Crippen molar-refractivity contribution in [2.75, 3.05) is 31.2 Å². The van der Waals surface area contributed by atoms with Gasteiger partial charge in [-0.2, -0.15) is 0 Å². The molecule has 0 aliphatic carbocycles. The third-order valence-corrected chi connectivity index (χ3v) is 3.87. The Morgan fingerprint density at radius 1 is 1.08 bits per heavy atom. The van der Waals surface area contributed by atoms with Gasteiger partial charge in [0, 0.05) is 31.4 Å². The third-order valence-electron chi connectivity index (χ3n) is 3.87. The molecule has 4 heteroatoms. The lowest BCUT2D eigenvalue weighted by Crippen LogP contribution is -2.40. The van der Waals surface area contributed by atoms with E-state index < -0.39 is 0 Å². The number of aliphatic hydroxyl groups is 1. The molecule has 0 saturated carbocycles. The normalized spacial score (nSPS) is 12.0. The molecule has 0 radical (unpaired) electrons. The first kappa shape index (κ1) is 18.3. The summed E-state index contributed by atoms with van der Waals surface area (Å²) in [7, 11) is 0. The topological polar surface area (TPSA) is 44.7 Å². The van der Waals surface area contributed by atoms with Crippen molar-refractivity contribution in [1.82, 2.24) is 5.32 Å². The van der Waals surface area contributed by atoms with E-state index in [9.17, 15) is 5.11 Å². The minimum Gasteiger partial charge on any atom is -0.494 e. The van der Waals surface area contributed by atoms with Crippen molar-refractivity contribution in [3.8, 4) is 5.75 Å². The van der Waals surface area contributed by atoms with Crippen LogP contribution in [0.4, 0.5) is 5.69 Å². The van der Waals surface area contributed by atoms with E-state index in [0.717, 1.165) is 24.5 Å². The monoisotopic (exact) mass is 328 g/mol. The fraction of sp³-hybridized carbons (Fsp3) is 0.400. The second-order valence-corrected chi connectivity index (χ2v) is 5.86. The van der Waals surface area contributed by atoms with Gasteiger partial charge in [-0.1, -0.05) is 30.3 Å². The Kier molecular flexibility index (Phi) is 7.59. The Bertz CT molecular complexity index is 572.